The van der Waals surface area contributed by atoms with E-state index in [1.807, 2.05) is 6.08 Å². The van der Waals surface area contributed by atoms with Gasteiger partial charge in [0.15, 0.2) is 0 Å². The summed E-state index contributed by atoms with van der Waals surface area (Å²) in [5, 5.41) is 0. The molecule has 1 aromatic rings. The molecule has 0 spiro atoms. The molecule has 0 atom stereocenters. The Morgan fingerprint density at radius 1 is 1.24 bits per heavy atom. The molecular formula is C17H20. The van der Waals surface area contributed by atoms with Gasteiger partial charge >= 0.3 is 0 Å². The second kappa shape index (κ2) is 4.37. The molecule has 0 fully saturated rings. The molecule has 0 heteroatoms. The molecule has 0 radical (unpaired) electrons. The minimum Gasteiger partial charge on any atom is -0.0984 e. The molecule has 88 valence electrons. The summed E-state index contributed by atoms with van der Waals surface area (Å²) in [4.78, 5) is 0. The zero-order valence-corrected chi connectivity index (χ0v) is 11.0. The maximum atomic E-state index is 3.97. The Morgan fingerprint density at radius 3 is 2.59 bits per heavy atom. The average molecular weight is 224 g/mol. The van der Waals surface area contributed by atoms with Crippen LogP contribution in [0.3, 0.4) is 0 Å². The average Bonchev–Trinajstić information content (AvgIpc) is 2.55. The fourth-order valence-corrected chi connectivity index (χ4v) is 2.64. The first-order valence-electron chi connectivity index (χ1n) is 6.26. The Bertz CT molecular complexity index is 499. The fourth-order valence-electron chi connectivity index (χ4n) is 2.64. The highest BCUT2D eigenvalue weighted by molar-refractivity contribution is 5.87. The summed E-state index contributed by atoms with van der Waals surface area (Å²) in [6.45, 7) is 10.7. The summed E-state index contributed by atoms with van der Waals surface area (Å²) in [7, 11) is 0. The number of benzene rings is 1. The van der Waals surface area contributed by atoms with Crippen LogP contribution in [0, 0.1) is 0 Å². The van der Waals surface area contributed by atoms with Gasteiger partial charge in [-0.05, 0) is 28.7 Å². The number of fused-ring (bicyclic) bond motifs is 1. The Balaban J connectivity index is 2.65. The molecule has 0 saturated heterocycles. The van der Waals surface area contributed by atoms with Crippen molar-refractivity contribution in [2.24, 2.45) is 0 Å². The Labute approximate surface area is 104 Å². The minimum atomic E-state index is 0.0891. The first-order valence-corrected chi connectivity index (χ1v) is 6.26. The lowest BCUT2D eigenvalue weighted by Crippen LogP contribution is -2.15. The third-order valence-electron chi connectivity index (χ3n) is 3.58. The van der Waals surface area contributed by atoms with Crippen LogP contribution in [0.15, 0.2) is 54.6 Å². The maximum Gasteiger partial charge on any atom is 0.0158 e. The summed E-state index contributed by atoms with van der Waals surface area (Å²) in [6.07, 6.45) is 7.55. The van der Waals surface area contributed by atoms with Gasteiger partial charge < -0.3 is 0 Å². The maximum absolute atomic E-state index is 3.97. The van der Waals surface area contributed by atoms with E-state index in [1.165, 1.54) is 22.3 Å². The second-order valence-corrected chi connectivity index (χ2v) is 5.01. The van der Waals surface area contributed by atoms with E-state index in [-0.39, 0.29) is 5.41 Å². The molecule has 0 heterocycles. The van der Waals surface area contributed by atoms with Crippen LogP contribution in [0.2, 0.25) is 0 Å². The highest BCUT2D eigenvalue weighted by Crippen LogP contribution is 2.46. The van der Waals surface area contributed by atoms with Gasteiger partial charge in [0.05, 0.1) is 0 Å². The van der Waals surface area contributed by atoms with Gasteiger partial charge in [-0.3, -0.25) is 0 Å². The summed E-state index contributed by atoms with van der Waals surface area (Å²) in [5.41, 5.74) is 5.51. The molecule has 2 rings (SSSR count). The normalized spacial score (nSPS) is 17.6. The van der Waals surface area contributed by atoms with Crippen molar-refractivity contribution in [3.05, 3.63) is 65.8 Å². The summed E-state index contributed by atoms with van der Waals surface area (Å²) < 4.78 is 0. The van der Waals surface area contributed by atoms with E-state index in [9.17, 15) is 0 Å². The molecule has 0 nitrogen and oxygen atoms in total. The summed E-state index contributed by atoms with van der Waals surface area (Å²) in [6, 6.07) is 8.64. The van der Waals surface area contributed by atoms with E-state index in [2.05, 4.69) is 63.8 Å². The predicted octanol–water partition coefficient (Wildman–Crippen LogP) is 4.88. The number of rotatable bonds is 3. The molecular weight excluding hydrogens is 204 g/mol. The van der Waals surface area contributed by atoms with Gasteiger partial charge in [-0.15, -0.1) is 0 Å². The smallest absolute Gasteiger partial charge is 0.0158 e. The van der Waals surface area contributed by atoms with Gasteiger partial charge in [-0.1, -0.05) is 69.8 Å². The van der Waals surface area contributed by atoms with Crippen molar-refractivity contribution in [1.82, 2.24) is 0 Å². The molecule has 17 heavy (non-hydrogen) atoms. The van der Waals surface area contributed by atoms with Crippen LogP contribution in [0.4, 0.5) is 0 Å². The topological polar surface area (TPSA) is 0 Å². The third-order valence-corrected chi connectivity index (χ3v) is 3.58. The second-order valence-electron chi connectivity index (χ2n) is 5.01. The summed E-state index contributed by atoms with van der Waals surface area (Å²) in [5.74, 6) is 0. The van der Waals surface area contributed by atoms with Crippen molar-refractivity contribution in [3.8, 4) is 0 Å². The van der Waals surface area contributed by atoms with Crippen LogP contribution in [0.5, 0.6) is 0 Å². The van der Waals surface area contributed by atoms with E-state index >= 15 is 0 Å². The molecule has 0 amide bonds. The monoisotopic (exact) mass is 224 g/mol. The first kappa shape index (κ1) is 11.9. The highest BCUT2D eigenvalue weighted by atomic mass is 14.4. The van der Waals surface area contributed by atoms with Crippen molar-refractivity contribution in [2.45, 2.75) is 32.6 Å². The van der Waals surface area contributed by atoms with E-state index in [1.54, 1.807) is 0 Å². The number of hydrogen-bond acceptors (Lipinski definition) is 0. The van der Waals surface area contributed by atoms with E-state index < -0.39 is 0 Å². The minimum absolute atomic E-state index is 0.0891. The fraction of sp³-hybridized carbons (Fsp3) is 0.294. The van der Waals surface area contributed by atoms with Gasteiger partial charge in [0.25, 0.3) is 0 Å². The van der Waals surface area contributed by atoms with Gasteiger partial charge in [0, 0.05) is 5.41 Å². The largest absolute Gasteiger partial charge is 0.0984 e. The quantitative estimate of drug-likeness (QED) is 0.686. The van der Waals surface area contributed by atoms with Crippen LogP contribution < -0.4 is 0 Å². The van der Waals surface area contributed by atoms with Crippen LogP contribution >= 0.6 is 0 Å². The Hall–Kier alpha value is -1.56. The SMILES string of the molecule is C=CC1=C(/C=C\CC)C(C)(C)c2ccccc21. The van der Waals surface area contributed by atoms with E-state index in [0.717, 1.165) is 6.42 Å². The number of allylic oxidation sites excluding steroid dienone is 5. The van der Waals surface area contributed by atoms with Gasteiger partial charge in [-0.2, -0.15) is 0 Å². The zero-order chi connectivity index (χ0) is 12.5. The van der Waals surface area contributed by atoms with Gasteiger partial charge in [0.1, 0.15) is 0 Å². The number of hydrogen-bond donors (Lipinski definition) is 0. The molecule has 0 bridgehead atoms. The van der Waals surface area contributed by atoms with Gasteiger partial charge in [-0.25, -0.2) is 0 Å². The lowest BCUT2D eigenvalue weighted by atomic mass is 9.81. The van der Waals surface area contributed by atoms with Crippen LogP contribution in [0.1, 0.15) is 38.3 Å². The van der Waals surface area contributed by atoms with Crippen molar-refractivity contribution in [1.29, 1.82) is 0 Å². The van der Waals surface area contributed by atoms with E-state index in [4.69, 9.17) is 0 Å². The lowest BCUT2D eigenvalue weighted by Gasteiger charge is -2.22. The lowest BCUT2D eigenvalue weighted by molar-refractivity contribution is 0.654. The molecule has 1 aromatic carbocycles. The molecule has 0 saturated carbocycles. The zero-order valence-electron chi connectivity index (χ0n) is 11.0. The van der Waals surface area contributed by atoms with Crippen LogP contribution in [-0.4, -0.2) is 0 Å². The molecule has 0 N–H and O–H groups in total. The molecule has 0 aromatic heterocycles. The summed E-state index contributed by atoms with van der Waals surface area (Å²) >= 11 is 0. The Morgan fingerprint density at radius 2 is 1.94 bits per heavy atom. The van der Waals surface area contributed by atoms with Crippen LogP contribution in [0.25, 0.3) is 5.57 Å². The molecule has 1 aliphatic carbocycles. The standard InChI is InChI=1S/C17H20/c1-5-7-11-15-13(6-2)14-10-8-9-12-16(14)17(15,3)4/h6-12H,2,5H2,1,3-4H3/b11-7-. The van der Waals surface area contributed by atoms with Crippen molar-refractivity contribution >= 4 is 5.57 Å². The van der Waals surface area contributed by atoms with Crippen molar-refractivity contribution in [2.75, 3.05) is 0 Å². The highest BCUT2D eigenvalue weighted by Gasteiger charge is 2.34. The van der Waals surface area contributed by atoms with E-state index in [0.29, 0.717) is 0 Å². The van der Waals surface area contributed by atoms with Gasteiger partial charge in [0.2, 0.25) is 0 Å². The molecule has 1 aliphatic rings. The predicted molar refractivity (Wildman–Crippen MR) is 76.0 cm³/mol. The Kier molecular flexibility index (Phi) is 3.06. The van der Waals surface area contributed by atoms with Crippen LogP contribution in [-0.2, 0) is 5.41 Å². The molecule has 0 aliphatic heterocycles. The molecule has 0 unspecified atom stereocenters. The van der Waals surface area contributed by atoms with Crippen molar-refractivity contribution < 1.29 is 0 Å². The van der Waals surface area contributed by atoms with Crippen molar-refractivity contribution in [3.63, 3.8) is 0 Å². The third kappa shape index (κ3) is 1.78. The first-order chi connectivity index (χ1) is 8.12.